The molecule has 3 aliphatic rings. The van der Waals surface area contributed by atoms with Gasteiger partial charge in [-0.15, -0.1) is 0 Å². The number of fused-ring (bicyclic) bond motifs is 2. The first-order chi connectivity index (χ1) is 15.4. The standard InChI is InChI=1S/C20H15ClFN5O5/c21-12-8-11(2-3-13(12)22)27-19(29)17-18(20(27)30)26(25-24-17)9-16(28)23-10-1-4-14-15(7-10)32-6-5-31-14/h1-4,7-8,17-18H,5-6,9H2,(H,23,28). The van der Waals surface area contributed by atoms with Gasteiger partial charge in [0, 0.05) is 11.8 Å². The zero-order chi connectivity index (χ0) is 22.4. The Morgan fingerprint density at radius 3 is 2.69 bits per heavy atom. The van der Waals surface area contributed by atoms with Crippen LogP contribution in [-0.4, -0.2) is 54.6 Å². The molecule has 3 heterocycles. The van der Waals surface area contributed by atoms with E-state index >= 15 is 0 Å². The van der Waals surface area contributed by atoms with Crippen LogP contribution in [0.5, 0.6) is 11.5 Å². The monoisotopic (exact) mass is 459 g/mol. The van der Waals surface area contributed by atoms with Crippen molar-refractivity contribution in [2.24, 2.45) is 10.3 Å². The van der Waals surface area contributed by atoms with Gasteiger partial charge in [0.05, 0.1) is 10.7 Å². The summed E-state index contributed by atoms with van der Waals surface area (Å²) in [5.41, 5.74) is 0.597. The number of carbonyl (C=O) groups is 3. The zero-order valence-corrected chi connectivity index (χ0v) is 17.1. The minimum atomic E-state index is -1.09. The summed E-state index contributed by atoms with van der Waals surface area (Å²) in [6.07, 6.45) is 0. The molecule has 1 saturated heterocycles. The van der Waals surface area contributed by atoms with Crippen LogP contribution >= 0.6 is 11.6 Å². The molecule has 1 fully saturated rings. The topological polar surface area (TPSA) is 113 Å². The van der Waals surface area contributed by atoms with Crippen molar-refractivity contribution in [3.8, 4) is 11.5 Å². The van der Waals surface area contributed by atoms with Crippen LogP contribution in [0.2, 0.25) is 5.02 Å². The first kappa shape index (κ1) is 20.2. The Hall–Kier alpha value is -3.73. The molecule has 0 aromatic heterocycles. The molecule has 0 saturated carbocycles. The summed E-state index contributed by atoms with van der Waals surface area (Å²) in [5.74, 6) is -1.29. The molecule has 32 heavy (non-hydrogen) atoms. The number of halogens is 2. The molecule has 164 valence electrons. The van der Waals surface area contributed by atoms with Gasteiger partial charge >= 0.3 is 0 Å². The fourth-order valence-electron chi connectivity index (χ4n) is 3.70. The first-order valence-electron chi connectivity index (χ1n) is 9.62. The Kier molecular flexibility index (Phi) is 4.89. The lowest BCUT2D eigenvalue weighted by molar-refractivity contribution is -0.123. The van der Waals surface area contributed by atoms with E-state index in [1.807, 2.05) is 0 Å². The number of ether oxygens (including phenoxy) is 2. The molecule has 2 atom stereocenters. The van der Waals surface area contributed by atoms with Gasteiger partial charge in [-0.1, -0.05) is 16.8 Å². The van der Waals surface area contributed by atoms with E-state index in [1.165, 1.54) is 12.1 Å². The average molecular weight is 460 g/mol. The van der Waals surface area contributed by atoms with Gasteiger partial charge in [0.15, 0.2) is 23.6 Å². The van der Waals surface area contributed by atoms with Crippen LogP contribution in [0.15, 0.2) is 46.7 Å². The van der Waals surface area contributed by atoms with Crippen molar-refractivity contribution in [2.45, 2.75) is 12.1 Å². The Morgan fingerprint density at radius 1 is 1.12 bits per heavy atom. The highest BCUT2D eigenvalue weighted by Crippen LogP contribution is 2.34. The SMILES string of the molecule is O=C(CN1N=NC2C(=O)N(c3ccc(F)c(Cl)c3)C(=O)C21)Nc1ccc2c(c1)OCCO2. The van der Waals surface area contributed by atoms with Crippen molar-refractivity contribution in [3.05, 3.63) is 47.2 Å². The number of benzene rings is 2. The highest BCUT2D eigenvalue weighted by Gasteiger charge is 2.55. The molecular weight excluding hydrogens is 445 g/mol. The molecule has 12 heteroatoms. The molecule has 0 bridgehead atoms. The predicted octanol–water partition coefficient (Wildman–Crippen LogP) is 2.18. The van der Waals surface area contributed by atoms with Crippen LogP contribution in [0.3, 0.4) is 0 Å². The van der Waals surface area contributed by atoms with Gasteiger partial charge in [0.25, 0.3) is 11.8 Å². The van der Waals surface area contributed by atoms with E-state index in [0.29, 0.717) is 30.4 Å². The van der Waals surface area contributed by atoms with Crippen molar-refractivity contribution >= 4 is 40.7 Å². The van der Waals surface area contributed by atoms with Crippen LogP contribution in [0.25, 0.3) is 0 Å². The Bertz CT molecular complexity index is 1180. The molecule has 5 rings (SSSR count). The molecule has 2 aromatic carbocycles. The van der Waals surface area contributed by atoms with Crippen LogP contribution in [0.4, 0.5) is 15.8 Å². The zero-order valence-electron chi connectivity index (χ0n) is 16.3. The number of hydrogen-bond acceptors (Lipinski definition) is 8. The van der Waals surface area contributed by atoms with Crippen molar-refractivity contribution in [1.82, 2.24) is 5.01 Å². The van der Waals surface area contributed by atoms with Gasteiger partial charge in [-0.2, -0.15) is 5.11 Å². The van der Waals surface area contributed by atoms with Gasteiger partial charge in [0.2, 0.25) is 5.91 Å². The fraction of sp³-hybridized carbons (Fsp3) is 0.250. The number of amides is 3. The van der Waals surface area contributed by atoms with E-state index in [9.17, 15) is 18.8 Å². The number of nitrogens with zero attached hydrogens (tertiary/aromatic N) is 4. The molecule has 0 aliphatic carbocycles. The van der Waals surface area contributed by atoms with E-state index in [-0.39, 0.29) is 17.3 Å². The highest BCUT2D eigenvalue weighted by atomic mass is 35.5. The fourth-order valence-corrected chi connectivity index (χ4v) is 3.88. The summed E-state index contributed by atoms with van der Waals surface area (Å²) in [5, 5.41) is 11.3. The number of hydrogen-bond donors (Lipinski definition) is 1. The minimum absolute atomic E-state index is 0.122. The van der Waals surface area contributed by atoms with Gasteiger partial charge < -0.3 is 14.8 Å². The third-order valence-corrected chi connectivity index (χ3v) is 5.44. The van der Waals surface area contributed by atoms with Crippen molar-refractivity contribution in [1.29, 1.82) is 0 Å². The lowest BCUT2D eigenvalue weighted by Crippen LogP contribution is -2.43. The summed E-state index contributed by atoms with van der Waals surface area (Å²) in [6.45, 7) is 0.554. The summed E-state index contributed by atoms with van der Waals surface area (Å²) in [6, 6.07) is 6.32. The van der Waals surface area contributed by atoms with Crippen LogP contribution in [0.1, 0.15) is 0 Å². The van der Waals surface area contributed by atoms with Gasteiger partial charge in [0.1, 0.15) is 25.6 Å². The maximum absolute atomic E-state index is 13.5. The van der Waals surface area contributed by atoms with Crippen LogP contribution in [0, 0.1) is 5.82 Å². The van der Waals surface area contributed by atoms with Gasteiger partial charge in [-0.05, 0) is 30.3 Å². The lowest BCUT2D eigenvalue weighted by atomic mass is 10.1. The quantitative estimate of drug-likeness (QED) is 0.701. The van der Waals surface area contributed by atoms with Crippen molar-refractivity contribution < 1.29 is 28.2 Å². The van der Waals surface area contributed by atoms with E-state index in [1.54, 1.807) is 18.2 Å². The number of imide groups is 1. The second-order valence-corrected chi connectivity index (χ2v) is 7.62. The average Bonchev–Trinajstić information content (AvgIpc) is 3.29. The summed E-state index contributed by atoms with van der Waals surface area (Å²) >= 11 is 5.78. The highest BCUT2D eigenvalue weighted by molar-refractivity contribution is 6.32. The van der Waals surface area contributed by atoms with Crippen LogP contribution in [-0.2, 0) is 14.4 Å². The Labute approximate surface area is 185 Å². The van der Waals surface area contributed by atoms with E-state index < -0.39 is 35.6 Å². The number of nitrogens with one attached hydrogen (secondary N) is 1. The van der Waals surface area contributed by atoms with Crippen LogP contribution < -0.4 is 19.7 Å². The summed E-state index contributed by atoms with van der Waals surface area (Å²) in [7, 11) is 0. The van der Waals surface area contributed by atoms with Crippen molar-refractivity contribution in [2.75, 3.05) is 30.0 Å². The molecule has 0 radical (unpaired) electrons. The summed E-state index contributed by atoms with van der Waals surface area (Å²) in [4.78, 5) is 39.1. The first-order valence-corrected chi connectivity index (χ1v) is 10.00. The van der Waals surface area contributed by atoms with Gasteiger partial charge in [-0.3, -0.25) is 19.4 Å². The molecule has 3 amide bonds. The Balaban J connectivity index is 1.29. The third-order valence-electron chi connectivity index (χ3n) is 5.15. The smallest absolute Gasteiger partial charge is 0.263 e. The molecule has 0 spiro atoms. The largest absolute Gasteiger partial charge is 0.486 e. The van der Waals surface area contributed by atoms with E-state index in [2.05, 4.69) is 15.7 Å². The maximum atomic E-state index is 13.5. The number of anilines is 2. The third kappa shape index (κ3) is 3.40. The van der Waals surface area contributed by atoms with Gasteiger partial charge in [-0.25, -0.2) is 9.29 Å². The molecule has 3 aliphatic heterocycles. The minimum Gasteiger partial charge on any atom is -0.486 e. The normalized spacial score (nSPS) is 21.2. The molecule has 10 nitrogen and oxygen atoms in total. The maximum Gasteiger partial charge on any atom is 0.263 e. The second kappa shape index (κ2) is 7.75. The molecule has 2 aromatic rings. The number of carbonyl (C=O) groups excluding carboxylic acids is 3. The predicted molar refractivity (Wildman–Crippen MR) is 109 cm³/mol. The van der Waals surface area contributed by atoms with Crippen molar-refractivity contribution in [3.63, 3.8) is 0 Å². The lowest BCUT2D eigenvalue weighted by Gasteiger charge is -2.21. The number of rotatable bonds is 4. The second-order valence-electron chi connectivity index (χ2n) is 7.21. The van der Waals surface area contributed by atoms with E-state index in [0.717, 1.165) is 16.0 Å². The molecular formula is C20H15ClFN5O5. The molecule has 2 unspecified atom stereocenters. The van der Waals surface area contributed by atoms with E-state index in [4.69, 9.17) is 21.1 Å². The summed E-state index contributed by atoms with van der Waals surface area (Å²) < 4.78 is 24.4. The Morgan fingerprint density at radius 2 is 1.91 bits per heavy atom. The molecule has 1 N–H and O–H groups in total.